The first-order chi connectivity index (χ1) is 16.5. The highest BCUT2D eigenvalue weighted by Gasteiger charge is 2.22. The Balaban J connectivity index is 1.60. The van der Waals surface area contributed by atoms with Crippen molar-refractivity contribution in [1.82, 2.24) is 9.97 Å². The third-order valence-electron chi connectivity index (χ3n) is 5.62. The van der Waals surface area contributed by atoms with Crippen LogP contribution in [0.2, 0.25) is 0 Å². The van der Waals surface area contributed by atoms with E-state index in [2.05, 4.69) is 72.7 Å². The number of ether oxygens (including phenoxy) is 1. The number of amides is 1. The smallest absolute Gasteiger partial charge is 0.237 e. The van der Waals surface area contributed by atoms with Crippen LogP contribution in [0.4, 0.5) is 5.69 Å². The molecule has 1 heterocycles. The average molecular weight is 472 g/mol. The number of hydrogen-bond donors (Lipinski definition) is 2. The number of methoxy groups -OCH3 is 1. The second kappa shape index (κ2) is 10.6. The predicted octanol–water partition coefficient (Wildman–Crippen LogP) is 6.88. The van der Waals surface area contributed by atoms with Gasteiger partial charge in [0.1, 0.15) is 5.75 Å². The molecule has 0 radical (unpaired) electrons. The summed E-state index contributed by atoms with van der Waals surface area (Å²) >= 11 is 1.45. The van der Waals surface area contributed by atoms with Gasteiger partial charge in [-0.05, 0) is 44.5 Å². The van der Waals surface area contributed by atoms with E-state index in [0.717, 1.165) is 39.1 Å². The number of imidazole rings is 1. The van der Waals surface area contributed by atoms with Gasteiger partial charge in [0, 0.05) is 16.8 Å². The van der Waals surface area contributed by atoms with Gasteiger partial charge in [0.25, 0.3) is 0 Å². The molecule has 5 nitrogen and oxygen atoms in total. The lowest BCUT2D eigenvalue weighted by Gasteiger charge is -2.13. The van der Waals surface area contributed by atoms with Crippen molar-refractivity contribution < 1.29 is 9.53 Å². The van der Waals surface area contributed by atoms with Crippen molar-refractivity contribution in [3.05, 3.63) is 83.9 Å². The monoisotopic (exact) mass is 471 g/mol. The number of H-pyrrole nitrogens is 1. The molecule has 2 N–H and O–H groups in total. The summed E-state index contributed by atoms with van der Waals surface area (Å²) in [6.07, 6.45) is 0.674. The van der Waals surface area contributed by atoms with Gasteiger partial charge in [-0.25, -0.2) is 4.98 Å². The van der Waals surface area contributed by atoms with Crippen LogP contribution in [0.15, 0.2) is 78.0 Å². The number of aromatic amines is 1. The van der Waals surface area contributed by atoms with Gasteiger partial charge in [-0.3, -0.25) is 4.79 Å². The summed E-state index contributed by atoms with van der Waals surface area (Å²) in [4.78, 5) is 21.4. The zero-order chi connectivity index (χ0) is 24.1. The topological polar surface area (TPSA) is 67.0 Å². The van der Waals surface area contributed by atoms with Crippen molar-refractivity contribution >= 4 is 23.4 Å². The Morgan fingerprint density at radius 1 is 0.941 bits per heavy atom. The van der Waals surface area contributed by atoms with Crippen LogP contribution in [-0.4, -0.2) is 28.2 Å². The molecule has 1 aromatic heterocycles. The van der Waals surface area contributed by atoms with Gasteiger partial charge in [0.05, 0.1) is 23.7 Å². The van der Waals surface area contributed by atoms with E-state index in [9.17, 15) is 4.79 Å². The van der Waals surface area contributed by atoms with E-state index >= 15 is 0 Å². The van der Waals surface area contributed by atoms with E-state index in [1.165, 1.54) is 22.9 Å². The maximum absolute atomic E-state index is 13.0. The van der Waals surface area contributed by atoms with Gasteiger partial charge >= 0.3 is 0 Å². The van der Waals surface area contributed by atoms with E-state index in [0.29, 0.717) is 6.42 Å². The Morgan fingerprint density at radius 3 is 2.09 bits per heavy atom. The first-order valence-electron chi connectivity index (χ1n) is 11.3. The summed E-state index contributed by atoms with van der Waals surface area (Å²) in [5.41, 5.74) is 7.10. The molecule has 0 aliphatic rings. The van der Waals surface area contributed by atoms with E-state index < -0.39 is 0 Å². The molecule has 0 aliphatic heterocycles. The zero-order valence-electron chi connectivity index (χ0n) is 19.9. The molecule has 1 amide bonds. The maximum atomic E-state index is 13.0. The molecule has 3 aromatic carbocycles. The Hall–Kier alpha value is -3.51. The van der Waals surface area contributed by atoms with Crippen molar-refractivity contribution in [2.24, 2.45) is 0 Å². The van der Waals surface area contributed by atoms with Crippen LogP contribution in [0.25, 0.3) is 22.5 Å². The number of hydrogen-bond acceptors (Lipinski definition) is 4. The fraction of sp³-hybridized carbons (Fsp3) is 0.214. The third kappa shape index (κ3) is 5.51. The Bertz CT molecular complexity index is 1180. The van der Waals surface area contributed by atoms with Crippen molar-refractivity contribution in [3.8, 4) is 28.3 Å². The lowest BCUT2D eigenvalue weighted by Crippen LogP contribution is -2.24. The first-order valence-corrected chi connectivity index (χ1v) is 12.2. The fourth-order valence-electron chi connectivity index (χ4n) is 3.61. The molecule has 174 valence electrons. The molecule has 6 heteroatoms. The average Bonchev–Trinajstić information content (AvgIpc) is 3.27. The normalized spacial score (nSPS) is 11.8. The van der Waals surface area contributed by atoms with Gasteiger partial charge in [0.15, 0.2) is 5.16 Å². The number of aromatic nitrogens is 2. The van der Waals surface area contributed by atoms with E-state index in [1.54, 1.807) is 7.11 Å². The first kappa shape index (κ1) is 23.6. The summed E-state index contributed by atoms with van der Waals surface area (Å²) in [5.74, 6) is 0.699. The quantitative estimate of drug-likeness (QED) is 0.275. The number of nitrogens with zero attached hydrogens (tertiary/aromatic N) is 1. The van der Waals surface area contributed by atoms with Crippen LogP contribution in [0, 0.1) is 13.8 Å². The van der Waals surface area contributed by atoms with Crippen LogP contribution in [0.3, 0.4) is 0 Å². The molecular weight excluding hydrogens is 442 g/mol. The fourth-order valence-corrected chi connectivity index (χ4v) is 4.52. The summed E-state index contributed by atoms with van der Waals surface area (Å²) in [6.45, 7) is 6.16. The Morgan fingerprint density at radius 2 is 1.53 bits per heavy atom. The summed E-state index contributed by atoms with van der Waals surface area (Å²) < 4.78 is 5.19. The van der Waals surface area contributed by atoms with Crippen LogP contribution in [0.1, 0.15) is 24.5 Å². The lowest BCUT2D eigenvalue weighted by atomic mass is 10.0. The summed E-state index contributed by atoms with van der Waals surface area (Å²) in [5, 5.41) is 3.44. The largest absolute Gasteiger partial charge is 0.497 e. The van der Waals surface area contributed by atoms with Crippen molar-refractivity contribution in [2.45, 2.75) is 37.6 Å². The molecule has 0 saturated carbocycles. The second-order valence-electron chi connectivity index (χ2n) is 8.23. The van der Waals surface area contributed by atoms with Crippen molar-refractivity contribution in [1.29, 1.82) is 0 Å². The molecule has 0 bridgehead atoms. The van der Waals surface area contributed by atoms with Crippen molar-refractivity contribution in [3.63, 3.8) is 0 Å². The minimum atomic E-state index is -0.287. The van der Waals surface area contributed by atoms with Crippen LogP contribution >= 0.6 is 11.8 Å². The van der Waals surface area contributed by atoms with Crippen LogP contribution in [-0.2, 0) is 4.79 Å². The number of nitrogens with one attached hydrogen (secondary N) is 2. The maximum Gasteiger partial charge on any atom is 0.237 e. The van der Waals surface area contributed by atoms with Crippen LogP contribution in [0.5, 0.6) is 5.75 Å². The number of benzene rings is 3. The number of thioether (sulfide) groups is 1. The highest BCUT2D eigenvalue weighted by atomic mass is 32.2. The summed E-state index contributed by atoms with van der Waals surface area (Å²) in [6, 6.07) is 24.1. The number of rotatable bonds is 8. The molecule has 4 rings (SSSR count). The predicted molar refractivity (Wildman–Crippen MR) is 140 cm³/mol. The standard InChI is InChI=1S/C28H29N3O2S/c1-5-24(27(32)29-22-14-16-23(33-4)17-15-22)34-28-30-25(20-10-6-18(2)7-11-20)26(31-28)21-12-8-19(3)9-13-21/h6-17,24H,5H2,1-4H3,(H,29,32)(H,30,31). The van der Waals surface area contributed by atoms with Gasteiger partial charge in [-0.15, -0.1) is 0 Å². The number of anilines is 1. The number of carbonyl (C=O) groups excluding carboxylic acids is 1. The minimum absolute atomic E-state index is 0.0529. The molecule has 4 aromatic rings. The molecule has 1 atom stereocenters. The molecule has 0 spiro atoms. The summed E-state index contributed by atoms with van der Waals surface area (Å²) in [7, 11) is 1.62. The van der Waals surface area contributed by atoms with E-state index in [-0.39, 0.29) is 11.2 Å². The van der Waals surface area contributed by atoms with E-state index in [4.69, 9.17) is 9.72 Å². The lowest BCUT2D eigenvalue weighted by molar-refractivity contribution is -0.115. The minimum Gasteiger partial charge on any atom is -0.497 e. The van der Waals surface area contributed by atoms with Crippen LogP contribution < -0.4 is 10.1 Å². The molecule has 0 fully saturated rings. The van der Waals surface area contributed by atoms with E-state index in [1.807, 2.05) is 31.2 Å². The highest BCUT2D eigenvalue weighted by molar-refractivity contribution is 8.00. The Kier molecular flexibility index (Phi) is 7.38. The zero-order valence-corrected chi connectivity index (χ0v) is 20.7. The van der Waals surface area contributed by atoms with Gasteiger partial charge in [-0.1, -0.05) is 78.3 Å². The molecule has 1 unspecified atom stereocenters. The van der Waals surface area contributed by atoms with Gasteiger partial charge in [0.2, 0.25) is 5.91 Å². The molecule has 0 saturated heterocycles. The van der Waals surface area contributed by atoms with Crippen molar-refractivity contribution in [2.75, 3.05) is 12.4 Å². The molecule has 34 heavy (non-hydrogen) atoms. The number of carbonyl (C=O) groups is 1. The van der Waals surface area contributed by atoms with Gasteiger partial charge < -0.3 is 15.0 Å². The molecule has 0 aliphatic carbocycles. The Labute approximate surface area is 205 Å². The highest BCUT2D eigenvalue weighted by Crippen LogP contribution is 2.35. The molecular formula is C28H29N3O2S. The second-order valence-corrected chi connectivity index (χ2v) is 9.42. The number of aryl methyl sites for hydroxylation is 2. The SMILES string of the molecule is CCC(Sc1nc(-c2ccc(C)cc2)c(-c2ccc(C)cc2)[nH]1)C(=O)Nc1ccc(OC)cc1. The third-order valence-corrected chi connectivity index (χ3v) is 6.87. The van der Waals surface area contributed by atoms with Gasteiger partial charge in [-0.2, -0.15) is 0 Å².